The SMILES string of the molecule is CCOc1nc(N)n(-c2ncccn2)n1. The molecule has 0 aliphatic rings. The number of nitrogens with zero attached hydrogens (tertiary/aromatic N) is 5. The van der Waals surface area contributed by atoms with Gasteiger partial charge in [0.15, 0.2) is 0 Å². The number of nitrogens with two attached hydrogens (primary N) is 1. The van der Waals surface area contributed by atoms with Crippen molar-refractivity contribution in [2.24, 2.45) is 0 Å². The van der Waals surface area contributed by atoms with E-state index in [1.807, 2.05) is 6.92 Å². The van der Waals surface area contributed by atoms with Crippen LogP contribution in [0.2, 0.25) is 0 Å². The molecule has 2 aromatic heterocycles. The molecule has 2 rings (SSSR count). The summed E-state index contributed by atoms with van der Waals surface area (Å²) in [6.07, 6.45) is 3.20. The van der Waals surface area contributed by atoms with Crippen molar-refractivity contribution in [3.8, 4) is 12.0 Å². The Hall–Kier alpha value is -2.18. The zero-order chi connectivity index (χ0) is 10.7. The van der Waals surface area contributed by atoms with Crippen LogP contribution in [0.3, 0.4) is 0 Å². The normalized spacial score (nSPS) is 10.2. The average molecular weight is 206 g/mol. The lowest BCUT2D eigenvalue weighted by molar-refractivity contribution is 0.312. The molecule has 0 fully saturated rings. The second-order valence-electron chi connectivity index (χ2n) is 2.65. The van der Waals surface area contributed by atoms with Crippen molar-refractivity contribution >= 4 is 5.95 Å². The Morgan fingerprint density at radius 3 is 2.80 bits per heavy atom. The second kappa shape index (κ2) is 3.91. The molecule has 0 radical (unpaired) electrons. The van der Waals surface area contributed by atoms with Crippen LogP contribution in [-0.2, 0) is 0 Å². The highest BCUT2D eigenvalue weighted by atomic mass is 16.5. The van der Waals surface area contributed by atoms with Crippen LogP contribution in [0.15, 0.2) is 18.5 Å². The maximum atomic E-state index is 5.63. The number of ether oxygens (including phenoxy) is 1. The number of aromatic nitrogens is 5. The lowest BCUT2D eigenvalue weighted by atomic mass is 10.7. The first kappa shape index (κ1) is 9.38. The molecule has 7 heteroatoms. The van der Waals surface area contributed by atoms with Gasteiger partial charge in [-0.1, -0.05) is 0 Å². The molecule has 0 saturated heterocycles. The van der Waals surface area contributed by atoms with Gasteiger partial charge in [-0.05, 0) is 13.0 Å². The largest absolute Gasteiger partial charge is 0.463 e. The van der Waals surface area contributed by atoms with E-state index in [4.69, 9.17) is 10.5 Å². The molecule has 0 atom stereocenters. The monoisotopic (exact) mass is 206 g/mol. The summed E-state index contributed by atoms with van der Waals surface area (Å²) in [5.74, 6) is 0.568. The Kier molecular flexibility index (Phi) is 2.44. The van der Waals surface area contributed by atoms with Crippen molar-refractivity contribution in [1.82, 2.24) is 24.7 Å². The van der Waals surface area contributed by atoms with E-state index in [1.54, 1.807) is 18.5 Å². The molecule has 2 aromatic rings. The number of nitrogen functional groups attached to an aromatic ring is 1. The topological polar surface area (TPSA) is 91.7 Å². The van der Waals surface area contributed by atoms with Gasteiger partial charge < -0.3 is 10.5 Å². The van der Waals surface area contributed by atoms with Gasteiger partial charge in [0.05, 0.1) is 6.61 Å². The minimum absolute atomic E-state index is 0.199. The average Bonchev–Trinajstić information content (AvgIpc) is 2.61. The van der Waals surface area contributed by atoms with Gasteiger partial charge >= 0.3 is 6.01 Å². The third kappa shape index (κ3) is 1.85. The van der Waals surface area contributed by atoms with Crippen molar-refractivity contribution in [1.29, 1.82) is 0 Å². The maximum Gasteiger partial charge on any atom is 0.337 e. The number of rotatable bonds is 3. The third-order valence-electron chi connectivity index (χ3n) is 1.63. The highest BCUT2D eigenvalue weighted by molar-refractivity contribution is 5.27. The lowest BCUT2D eigenvalue weighted by Crippen LogP contribution is -2.06. The molecule has 2 N–H and O–H groups in total. The first-order valence-corrected chi connectivity index (χ1v) is 4.44. The summed E-state index contributed by atoms with van der Waals surface area (Å²) in [6, 6.07) is 1.93. The molecule has 0 aromatic carbocycles. The van der Waals surface area contributed by atoms with E-state index in [2.05, 4.69) is 20.1 Å². The molecular formula is C8H10N6O. The summed E-state index contributed by atoms with van der Waals surface area (Å²) in [7, 11) is 0. The summed E-state index contributed by atoms with van der Waals surface area (Å²) in [5.41, 5.74) is 5.63. The van der Waals surface area contributed by atoms with E-state index in [1.165, 1.54) is 4.68 Å². The summed E-state index contributed by atoms with van der Waals surface area (Å²) in [5, 5.41) is 4.00. The Bertz CT molecular complexity index is 440. The number of hydrogen-bond donors (Lipinski definition) is 1. The Labute approximate surface area is 85.9 Å². The summed E-state index contributed by atoms with van der Waals surface area (Å²) in [4.78, 5) is 11.9. The first-order valence-electron chi connectivity index (χ1n) is 4.44. The molecule has 0 saturated carbocycles. The van der Waals surface area contributed by atoms with Gasteiger partial charge in [0, 0.05) is 12.4 Å². The van der Waals surface area contributed by atoms with Crippen molar-refractivity contribution < 1.29 is 4.74 Å². The van der Waals surface area contributed by atoms with E-state index in [0.717, 1.165) is 0 Å². The van der Waals surface area contributed by atoms with E-state index >= 15 is 0 Å². The maximum absolute atomic E-state index is 5.63. The van der Waals surface area contributed by atoms with Gasteiger partial charge in [-0.3, -0.25) is 0 Å². The van der Waals surface area contributed by atoms with Gasteiger partial charge in [-0.15, -0.1) is 5.10 Å². The number of anilines is 1. The fourth-order valence-corrected chi connectivity index (χ4v) is 1.04. The van der Waals surface area contributed by atoms with Crippen LogP contribution < -0.4 is 10.5 Å². The minimum Gasteiger partial charge on any atom is -0.463 e. The fraction of sp³-hybridized carbons (Fsp3) is 0.250. The quantitative estimate of drug-likeness (QED) is 0.762. The summed E-state index contributed by atoms with van der Waals surface area (Å²) < 4.78 is 6.43. The molecule has 78 valence electrons. The Balaban J connectivity index is 2.36. The Morgan fingerprint density at radius 1 is 1.40 bits per heavy atom. The van der Waals surface area contributed by atoms with E-state index in [0.29, 0.717) is 12.6 Å². The van der Waals surface area contributed by atoms with Crippen molar-refractivity contribution in [3.05, 3.63) is 18.5 Å². The standard InChI is InChI=1S/C8H10N6O/c1-2-15-8-12-6(9)14(13-8)7-10-4-3-5-11-7/h3-5H,2H2,1H3,(H2,9,12,13). The fourth-order valence-electron chi connectivity index (χ4n) is 1.04. The molecule has 2 heterocycles. The first-order chi connectivity index (χ1) is 7.31. The van der Waals surface area contributed by atoms with Gasteiger partial charge in [0.2, 0.25) is 5.95 Å². The lowest BCUT2D eigenvalue weighted by Gasteiger charge is -1.97. The molecule has 0 spiro atoms. The van der Waals surface area contributed by atoms with Gasteiger partial charge in [0.25, 0.3) is 5.95 Å². The van der Waals surface area contributed by atoms with Gasteiger partial charge in [0.1, 0.15) is 0 Å². The summed E-state index contributed by atoms with van der Waals surface area (Å²) in [6.45, 7) is 2.33. The van der Waals surface area contributed by atoms with Gasteiger partial charge in [-0.2, -0.15) is 9.67 Å². The van der Waals surface area contributed by atoms with Crippen LogP contribution in [-0.4, -0.2) is 31.3 Å². The Morgan fingerprint density at radius 2 is 2.13 bits per heavy atom. The molecular weight excluding hydrogens is 196 g/mol. The minimum atomic E-state index is 0.199. The van der Waals surface area contributed by atoms with Crippen LogP contribution in [0.4, 0.5) is 5.95 Å². The van der Waals surface area contributed by atoms with E-state index in [9.17, 15) is 0 Å². The van der Waals surface area contributed by atoms with Crippen molar-refractivity contribution in [2.75, 3.05) is 12.3 Å². The third-order valence-corrected chi connectivity index (χ3v) is 1.63. The van der Waals surface area contributed by atoms with Gasteiger partial charge in [-0.25, -0.2) is 9.97 Å². The second-order valence-corrected chi connectivity index (χ2v) is 2.65. The van der Waals surface area contributed by atoms with E-state index in [-0.39, 0.29) is 12.0 Å². The molecule has 0 aliphatic heterocycles. The molecule has 0 amide bonds. The van der Waals surface area contributed by atoms with Crippen molar-refractivity contribution in [2.45, 2.75) is 6.92 Å². The van der Waals surface area contributed by atoms with Crippen molar-refractivity contribution in [3.63, 3.8) is 0 Å². The zero-order valence-corrected chi connectivity index (χ0v) is 8.16. The highest BCUT2D eigenvalue weighted by Crippen LogP contribution is 2.10. The molecule has 15 heavy (non-hydrogen) atoms. The molecule has 0 aliphatic carbocycles. The van der Waals surface area contributed by atoms with E-state index < -0.39 is 0 Å². The van der Waals surface area contributed by atoms with Crippen LogP contribution in [0.25, 0.3) is 5.95 Å². The zero-order valence-electron chi connectivity index (χ0n) is 8.16. The van der Waals surface area contributed by atoms with Crippen LogP contribution in [0.5, 0.6) is 6.01 Å². The number of hydrogen-bond acceptors (Lipinski definition) is 6. The summed E-state index contributed by atoms with van der Waals surface area (Å²) >= 11 is 0. The predicted octanol–water partition coefficient (Wildman–Crippen LogP) is 0.0382. The van der Waals surface area contributed by atoms with Crippen LogP contribution >= 0.6 is 0 Å². The smallest absolute Gasteiger partial charge is 0.337 e. The highest BCUT2D eigenvalue weighted by Gasteiger charge is 2.10. The van der Waals surface area contributed by atoms with Crippen LogP contribution in [0, 0.1) is 0 Å². The molecule has 0 bridgehead atoms. The predicted molar refractivity (Wildman–Crippen MR) is 52.5 cm³/mol. The molecule has 7 nitrogen and oxygen atoms in total. The van der Waals surface area contributed by atoms with Crippen LogP contribution in [0.1, 0.15) is 6.92 Å². The molecule has 0 unspecified atom stereocenters.